The highest BCUT2D eigenvalue weighted by Crippen LogP contribution is 2.31. The summed E-state index contributed by atoms with van der Waals surface area (Å²) in [6, 6.07) is 11.1. The van der Waals surface area contributed by atoms with E-state index < -0.39 is 21.5 Å². The largest absolute Gasteiger partial charge is 0.495 e. The number of nitrogens with zero attached hydrogens (tertiary/aromatic N) is 1. The molecule has 2 aromatic carbocycles. The molecule has 3 rings (SSSR count). The summed E-state index contributed by atoms with van der Waals surface area (Å²) in [5, 5.41) is 3.31. The number of methoxy groups -OCH3 is 1. The number of hydrogen-bond acceptors (Lipinski definition) is 5. The third kappa shape index (κ3) is 5.50. The van der Waals surface area contributed by atoms with Gasteiger partial charge in [-0.3, -0.25) is 4.79 Å². The molecule has 2 aromatic rings. The standard InChI is InChI=1S/C22H27ClN2O5S/c1-22(2,30-17-9-7-16(23)8-10-17)21(26)24-19-15-18(11-12-20(19)29-3)31(27,28)25-13-5-4-6-14-25/h7-12,15H,4-6,13-14H2,1-3H3,(H,24,26). The van der Waals surface area contributed by atoms with Crippen LogP contribution < -0.4 is 14.8 Å². The van der Waals surface area contributed by atoms with Crippen LogP contribution in [-0.4, -0.2) is 44.4 Å². The minimum absolute atomic E-state index is 0.113. The van der Waals surface area contributed by atoms with E-state index in [1.807, 2.05) is 0 Å². The van der Waals surface area contributed by atoms with Gasteiger partial charge in [0, 0.05) is 18.1 Å². The average molecular weight is 467 g/mol. The van der Waals surface area contributed by atoms with E-state index in [-0.39, 0.29) is 10.6 Å². The van der Waals surface area contributed by atoms with Crippen LogP contribution in [0.4, 0.5) is 5.69 Å². The molecular weight excluding hydrogens is 440 g/mol. The maximum absolute atomic E-state index is 13.0. The second-order valence-electron chi connectivity index (χ2n) is 7.85. The molecule has 0 aromatic heterocycles. The fourth-order valence-electron chi connectivity index (χ4n) is 3.32. The van der Waals surface area contributed by atoms with Crippen molar-refractivity contribution in [1.82, 2.24) is 4.31 Å². The van der Waals surface area contributed by atoms with Crippen LogP contribution >= 0.6 is 11.6 Å². The van der Waals surface area contributed by atoms with Crippen molar-refractivity contribution in [2.24, 2.45) is 0 Å². The second kappa shape index (κ2) is 9.46. The van der Waals surface area contributed by atoms with Gasteiger partial charge in [0.1, 0.15) is 11.5 Å². The van der Waals surface area contributed by atoms with Gasteiger partial charge in [-0.2, -0.15) is 4.31 Å². The zero-order valence-corrected chi connectivity index (χ0v) is 19.4. The van der Waals surface area contributed by atoms with Gasteiger partial charge in [-0.15, -0.1) is 0 Å². The lowest BCUT2D eigenvalue weighted by atomic mass is 10.1. The Hall–Kier alpha value is -2.29. The number of amides is 1. The van der Waals surface area contributed by atoms with Crippen molar-refractivity contribution in [3.05, 3.63) is 47.5 Å². The lowest BCUT2D eigenvalue weighted by Gasteiger charge is -2.27. The third-order valence-electron chi connectivity index (χ3n) is 5.11. The quantitative estimate of drug-likeness (QED) is 0.656. The van der Waals surface area contributed by atoms with E-state index in [1.165, 1.54) is 23.5 Å². The average Bonchev–Trinajstić information content (AvgIpc) is 2.75. The predicted octanol–water partition coefficient (Wildman–Crippen LogP) is 4.32. The van der Waals surface area contributed by atoms with E-state index in [9.17, 15) is 13.2 Å². The van der Waals surface area contributed by atoms with Crippen LogP contribution in [0.15, 0.2) is 47.4 Å². The topological polar surface area (TPSA) is 84.9 Å². The Bertz CT molecular complexity index is 1030. The van der Waals surface area contributed by atoms with Gasteiger partial charge < -0.3 is 14.8 Å². The van der Waals surface area contributed by atoms with Crippen molar-refractivity contribution < 1.29 is 22.7 Å². The van der Waals surface area contributed by atoms with Crippen molar-refractivity contribution in [1.29, 1.82) is 0 Å². The Morgan fingerprint density at radius 1 is 1.06 bits per heavy atom. The normalized spacial score (nSPS) is 15.4. The summed E-state index contributed by atoms with van der Waals surface area (Å²) in [6.45, 7) is 4.24. The first kappa shape index (κ1) is 23.4. The van der Waals surface area contributed by atoms with E-state index in [2.05, 4.69) is 5.32 Å². The van der Waals surface area contributed by atoms with Crippen LogP contribution in [0.5, 0.6) is 11.5 Å². The molecule has 1 N–H and O–H groups in total. The van der Waals surface area contributed by atoms with E-state index in [0.717, 1.165) is 19.3 Å². The minimum atomic E-state index is -3.65. The van der Waals surface area contributed by atoms with Crippen molar-refractivity contribution in [2.45, 2.75) is 43.6 Å². The number of carbonyl (C=O) groups is 1. The summed E-state index contributed by atoms with van der Waals surface area (Å²) < 4.78 is 38.7. The van der Waals surface area contributed by atoms with Gasteiger partial charge in [0.05, 0.1) is 17.7 Å². The summed E-state index contributed by atoms with van der Waals surface area (Å²) in [4.78, 5) is 13.1. The highest BCUT2D eigenvalue weighted by atomic mass is 35.5. The summed E-state index contributed by atoms with van der Waals surface area (Å²) in [5.41, 5.74) is -0.973. The first-order chi connectivity index (χ1) is 14.6. The number of rotatable bonds is 7. The minimum Gasteiger partial charge on any atom is -0.495 e. The molecule has 1 fully saturated rings. The number of benzene rings is 2. The molecule has 31 heavy (non-hydrogen) atoms. The highest BCUT2D eigenvalue weighted by molar-refractivity contribution is 7.89. The van der Waals surface area contributed by atoms with Crippen LogP contribution in [0.1, 0.15) is 33.1 Å². The number of anilines is 1. The zero-order chi connectivity index (χ0) is 22.6. The molecule has 1 aliphatic rings. The molecule has 168 valence electrons. The number of nitrogens with one attached hydrogen (secondary N) is 1. The maximum atomic E-state index is 13.0. The van der Waals surface area contributed by atoms with Crippen LogP contribution in [0, 0.1) is 0 Å². The summed E-state index contributed by atoms with van der Waals surface area (Å²) >= 11 is 5.89. The molecule has 0 atom stereocenters. The molecule has 0 bridgehead atoms. The SMILES string of the molecule is COc1ccc(S(=O)(=O)N2CCCCC2)cc1NC(=O)C(C)(C)Oc1ccc(Cl)cc1. The number of halogens is 1. The van der Waals surface area contributed by atoms with E-state index >= 15 is 0 Å². The van der Waals surface area contributed by atoms with Gasteiger partial charge in [-0.05, 0) is 69.2 Å². The lowest BCUT2D eigenvalue weighted by Crippen LogP contribution is -2.42. The fraction of sp³-hybridized carbons (Fsp3) is 0.409. The molecule has 1 amide bonds. The van der Waals surface area contributed by atoms with Crippen LogP contribution in [0.25, 0.3) is 0 Å². The number of ether oxygens (including phenoxy) is 2. The highest BCUT2D eigenvalue weighted by Gasteiger charge is 2.32. The number of piperidine rings is 1. The van der Waals surface area contributed by atoms with Crippen molar-refractivity contribution in [3.8, 4) is 11.5 Å². The molecule has 7 nitrogen and oxygen atoms in total. The lowest BCUT2D eigenvalue weighted by molar-refractivity contribution is -0.128. The Morgan fingerprint density at radius 2 is 1.71 bits per heavy atom. The first-order valence-electron chi connectivity index (χ1n) is 10.1. The summed E-state index contributed by atoms with van der Waals surface area (Å²) in [6.07, 6.45) is 2.71. The van der Waals surface area contributed by atoms with Gasteiger partial charge in [0.15, 0.2) is 5.60 Å². The summed E-state index contributed by atoms with van der Waals surface area (Å²) in [7, 11) is -2.19. The number of sulfonamides is 1. The molecular formula is C22H27ClN2O5S. The first-order valence-corrected chi connectivity index (χ1v) is 11.9. The van der Waals surface area contributed by atoms with E-state index in [0.29, 0.717) is 29.6 Å². The molecule has 0 aliphatic carbocycles. The van der Waals surface area contributed by atoms with E-state index in [1.54, 1.807) is 44.2 Å². The predicted molar refractivity (Wildman–Crippen MR) is 120 cm³/mol. The molecule has 1 aliphatic heterocycles. The van der Waals surface area contributed by atoms with Gasteiger partial charge in [-0.25, -0.2) is 8.42 Å². The van der Waals surface area contributed by atoms with Crippen molar-refractivity contribution in [2.75, 3.05) is 25.5 Å². The number of hydrogen-bond donors (Lipinski definition) is 1. The molecule has 1 heterocycles. The van der Waals surface area contributed by atoms with Gasteiger partial charge in [-0.1, -0.05) is 18.0 Å². The molecule has 1 saturated heterocycles. The van der Waals surface area contributed by atoms with Crippen molar-refractivity contribution >= 4 is 33.2 Å². The Kier molecular flexibility index (Phi) is 7.13. The fourth-order valence-corrected chi connectivity index (χ4v) is 4.99. The molecule has 9 heteroatoms. The third-order valence-corrected chi connectivity index (χ3v) is 7.25. The smallest absolute Gasteiger partial charge is 0.268 e. The molecule has 0 spiro atoms. The second-order valence-corrected chi connectivity index (χ2v) is 10.2. The maximum Gasteiger partial charge on any atom is 0.268 e. The van der Waals surface area contributed by atoms with Crippen molar-refractivity contribution in [3.63, 3.8) is 0 Å². The van der Waals surface area contributed by atoms with Gasteiger partial charge in [0.2, 0.25) is 10.0 Å². The Balaban J connectivity index is 1.83. The van der Waals surface area contributed by atoms with Gasteiger partial charge >= 0.3 is 0 Å². The molecule has 0 unspecified atom stereocenters. The van der Waals surface area contributed by atoms with E-state index in [4.69, 9.17) is 21.1 Å². The van der Waals surface area contributed by atoms with Crippen LogP contribution in [0.2, 0.25) is 5.02 Å². The monoisotopic (exact) mass is 466 g/mol. The molecule has 0 radical (unpaired) electrons. The molecule has 0 saturated carbocycles. The Morgan fingerprint density at radius 3 is 2.32 bits per heavy atom. The summed E-state index contributed by atoms with van der Waals surface area (Å²) in [5.74, 6) is 0.388. The van der Waals surface area contributed by atoms with Gasteiger partial charge in [0.25, 0.3) is 5.91 Å². The number of carbonyl (C=O) groups excluding carboxylic acids is 1. The van der Waals surface area contributed by atoms with Crippen LogP contribution in [0.3, 0.4) is 0 Å². The zero-order valence-electron chi connectivity index (χ0n) is 17.9. The van der Waals surface area contributed by atoms with Crippen LogP contribution in [-0.2, 0) is 14.8 Å². The Labute approximate surface area is 188 Å².